The molecule has 0 bridgehead atoms. The number of hydrogen-bond donors (Lipinski definition) is 1. The number of ether oxygens (including phenoxy) is 1. The Kier molecular flexibility index (Phi) is 5.13. The number of thioether (sulfide) groups is 1. The van der Waals surface area contributed by atoms with Crippen molar-refractivity contribution in [2.24, 2.45) is 10.7 Å². The average Bonchev–Trinajstić information content (AvgIpc) is 2.46. The summed E-state index contributed by atoms with van der Waals surface area (Å²) in [6, 6.07) is 8.07. The summed E-state index contributed by atoms with van der Waals surface area (Å²) in [6.07, 6.45) is 0. The van der Waals surface area contributed by atoms with E-state index in [1.54, 1.807) is 13.8 Å². The maximum atomic E-state index is 12.3. The number of nitrogens with two attached hydrogens (primary N) is 1. The molecule has 118 valence electrons. The molecule has 2 N–H and O–H groups in total. The standard InChI is InChI=1S/C16H21N3O2S/c1-5-21-15(20)13-10(2)18-16(17)22-14(13)11-6-8-12(9-7-11)19(3)4/h6-9,14H,5H2,1-4H3,(H2,17,18). The van der Waals surface area contributed by atoms with Crippen molar-refractivity contribution < 1.29 is 9.53 Å². The topological polar surface area (TPSA) is 67.9 Å². The zero-order valence-electron chi connectivity index (χ0n) is 13.3. The van der Waals surface area contributed by atoms with Gasteiger partial charge < -0.3 is 15.4 Å². The van der Waals surface area contributed by atoms with Crippen molar-refractivity contribution in [3.8, 4) is 0 Å². The van der Waals surface area contributed by atoms with Crippen molar-refractivity contribution in [1.82, 2.24) is 0 Å². The van der Waals surface area contributed by atoms with Crippen LogP contribution >= 0.6 is 11.8 Å². The lowest BCUT2D eigenvalue weighted by Crippen LogP contribution is -2.22. The van der Waals surface area contributed by atoms with Crippen LogP contribution in [0.25, 0.3) is 0 Å². The monoisotopic (exact) mass is 319 g/mol. The predicted molar refractivity (Wildman–Crippen MR) is 92.1 cm³/mol. The van der Waals surface area contributed by atoms with Gasteiger partial charge in [0.2, 0.25) is 0 Å². The molecule has 0 aromatic heterocycles. The predicted octanol–water partition coefficient (Wildman–Crippen LogP) is 2.69. The molecular weight excluding hydrogens is 298 g/mol. The summed E-state index contributed by atoms with van der Waals surface area (Å²) in [7, 11) is 3.98. The number of hydrogen-bond acceptors (Lipinski definition) is 6. The van der Waals surface area contributed by atoms with Gasteiger partial charge in [0, 0.05) is 19.8 Å². The first-order valence-corrected chi connectivity index (χ1v) is 7.98. The van der Waals surface area contributed by atoms with Crippen LogP contribution in [0.4, 0.5) is 5.69 Å². The molecule has 6 heteroatoms. The van der Waals surface area contributed by atoms with Gasteiger partial charge in [-0.25, -0.2) is 9.79 Å². The number of esters is 1. The molecule has 0 amide bonds. The highest BCUT2D eigenvalue weighted by Crippen LogP contribution is 2.41. The summed E-state index contributed by atoms with van der Waals surface area (Å²) in [6.45, 7) is 3.92. The van der Waals surface area contributed by atoms with Crippen molar-refractivity contribution >= 4 is 28.6 Å². The molecule has 1 atom stereocenters. The van der Waals surface area contributed by atoms with Crippen molar-refractivity contribution in [3.05, 3.63) is 41.1 Å². The Balaban J connectivity index is 2.39. The van der Waals surface area contributed by atoms with Crippen LogP contribution in [-0.2, 0) is 9.53 Å². The third-order valence-corrected chi connectivity index (χ3v) is 4.45. The van der Waals surface area contributed by atoms with Gasteiger partial charge in [-0.15, -0.1) is 0 Å². The molecule has 0 saturated heterocycles. The van der Waals surface area contributed by atoms with Crippen molar-refractivity contribution in [3.63, 3.8) is 0 Å². The largest absolute Gasteiger partial charge is 0.463 e. The molecule has 0 fully saturated rings. The second-order valence-electron chi connectivity index (χ2n) is 5.15. The van der Waals surface area contributed by atoms with Crippen LogP contribution < -0.4 is 10.6 Å². The summed E-state index contributed by atoms with van der Waals surface area (Å²) >= 11 is 1.38. The van der Waals surface area contributed by atoms with Crippen LogP contribution in [0, 0.1) is 0 Å². The zero-order valence-corrected chi connectivity index (χ0v) is 14.1. The molecular formula is C16H21N3O2S. The van der Waals surface area contributed by atoms with E-state index in [-0.39, 0.29) is 11.2 Å². The summed E-state index contributed by atoms with van der Waals surface area (Å²) in [4.78, 5) is 18.5. The third kappa shape index (κ3) is 3.44. The van der Waals surface area contributed by atoms with Gasteiger partial charge in [0.15, 0.2) is 5.17 Å². The van der Waals surface area contributed by atoms with Crippen molar-refractivity contribution in [1.29, 1.82) is 0 Å². The van der Waals surface area contributed by atoms with E-state index in [1.165, 1.54) is 11.8 Å². The van der Waals surface area contributed by atoms with Crippen LogP contribution in [0.1, 0.15) is 24.7 Å². The Morgan fingerprint density at radius 1 is 1.36 bits per heavy atom. The number of nitrogens with zero attached hydrogens (tertiary/aromatic N) is 2. The molecule has 1 aliphatic heterocycles. The SMILES string of the molecule is CCOC(=O)C1=C(C)N=C(N)SC1c1ccc(N(C)C)cc1. The molecule has 0 spiro atoms. The lowest BCUT2D eigenvalue weighted by Gasteiger charge is -2.24. The first kappa shape index (κ1) is 16.4. The van der Waals surface area contributed by atoms with E-state index in [9.17, 15) is 4.79 Å². The van der Waals surface area contributed by atoms with Crippen molar-refractivity contribution in [2.75, 3.05) is 25.6 Å². The zero-order chi connectivity index (χ0) is 16.3. The lowest BCUT2D eigenvalue weighted by atomic mass is 10.0. The minimum Gasteiger partial charge on any atom is -0.463 e. The number of allylic oxidation sites excluding steroid dienone is 1. The highest BCUT2D eigenvalue weighted by molar-refractivity contribution is 8.14. The second-order valence-corrected chi connectivity index (χ2v) is 6.28. The molecule has 1 unspecified atom stereocenters. The number of rotatable bonds is 4. The van der Waals surface area contributed by atoms with E-state index in [4.69, 9.17) is 10.5 Å². The Bertz CT molecular complexity index is 621. The van der Waals surface area contributed by atoms with Crippen LogP contribution in [0.15, 0.2) is 40.5 Å². The van der Waals surface area contributed by atoms with E-state index in [1.807, 2.05) is 43.3 Å². The van der Waals surface area contributed by atoms with E-state index in [2.05, 4.69) is 4.99 Å². The molecule has 0 saturated carbocycles. The van der Waals surface area contributed by atoms with Gasteiger partial charge in [0.1, 0.15) is 0 Å². The molecule has 2 rings (SSSR count). The molecule has 1 aromatic rings. The number of amidine groups is 1. The number of benzene rings is 1. The Hall–Kier alpha value is -1.95. The quantitative estimate of drug-likeness (QED) is 0.864. The second kappa shape index (κ2) is 6.87. The van der Waals surface area contributed by atoms with Gasteiger partial charge in [-0.3, -0.25) is 0 Å². The molecule has 1 heterocycles. The number of aliphatic imine (C=N–C) groups is 1. The van der Waals surface area contributed by atoms with Crippen LogP contribution in [0.2, 0.25) is 0 Å². The number of carbonyl (C=O) groups is 1. The number of carbonyl (C=O) groups excluding carboxylic acids is 1. The maximum Gasteiger partial charge on any atom is 0.337 e. The fourth-order valence-electron chi connectivity index (χ4n) is 2.27. The molecule has 0 aliphatic carbocycles. The molecule has 5 nitrogen and oxygen atoms in total. The molecule has 1 aromatic carbocycles. The Morgan fingerprint density at radius 2 is 2.00 bits per heavy atom. The number of anilines is 1. The third-order valence-electron chi connectivity index (χ3n) is 3.38. The van der Waals surface area contributed by atoms with Gasteiger partial charge in [-0.1, -0.05) is 23.9 Å². The highest BCUT2D eigenvalue weighted by Gasteiger charge is 2.31. The minimum absolute atomic E-state index is 0.187. The Labute approximate surface area is 135 Å². The van der Waals surface area contributed by atoms with Gasteiger partial charge in [-0.2, -0.15) is 0 Å². The van der Waals surface area contributed by atoms with Crippen LogP contribution in [-0.4, -0.2) is 31.8 Å². The van der Waals surface area contributed by atoms with E-state index in [0.717, 1.165) is 11.3 Å². The summed E-state index contributed by atoms with van der Waals surface area (Å²) in [5.74, 6) is -0.328. The highest BCUT2D eigenvalue weighted by atomic mass is 32.2. The first-order chi connectivity index (χ1) is 10.4. The molecule has 22 heavy (non-hydrogen) atoms. The fourth-order valence-corrected chi connectivity index (χ4v) is 3.38. The lowest BCUT2D eigenvalue weighted by molar-refractivity contribution is -0.138. The first-order valence-electron chi connectivity index (χ1n) is 7.10. The van der Waals surface area contributed by atoms with E-state index in [0.29, 0.717) is 23.0 Å². The normalized spacial score (nSPS) is 18.0. The fraction of sp³-hybridized carbons (Fsp3) is 0.375. The average molecular weight is 319 g/mol. The molecule has 1 aliphatic rings. The minimum atomic E-state index is -0.328. The summed E-state index contributed by atoms with van der Waals surface area (Å²) < 4.78 is 5.17. The Morgan fingerprint density at radius 3 is 2.55 bits per heavy atom. The summed E-state index contributed by atoms with van der Waals surface area (Å²) in [5, 5.41) is 0.278. The maximum absolute atomic E-state index is 12.3. The van der Waals surface area contributed by atoms with Gasteiger partial charge in [0.25, 0.3) is 0 Å². The van der Waals surface area contributed by atoms with Crippen LogP contribution in [0.3, 0.4) is 0 Å². The molecule has 0 radical (unpaired) electrons. The van der Waals surface area contributed by atoms with E-state index >= 15 is 0 Å². The smallest absolute Gasteiger partial charge is 0.337 e. The van der Waals surface area contributed by atoms with E-state index < -0.39 is 0 Å². The van der Waals surface area contributed by atoms with Gasteiger partial charge >= 0.3 is 5.97 Å². The van der Waals surface area contributed by atoms with Crippen molar-refractivity contribution in [2.45, 2.75) is 19.1 Å². The summed E-state index contributed by atoms with van der Waals surface area (Å²) in [5.41, 5.74) is 9.19. The van der Waals surface area contributed by atoms with Gasteiger partial charge in [-0.05, 0) is 31.5 Å². The van der Waals surface area contributed by atoms with Crippen LogP contribution in [0.5, 0.6) is 0 Å². The van der Waals surface area contributed by atoms with Gasteiger partial charge in [0.05, 0.1) is 23.1 Å².